The van der Waals surface area contributed by atoms with E-state index in [0.717, 1.165) is 16.7 Å². The Labute approximate surface area is 286 Å². The van der Waals surface area contributed by atoms with Crippen LogP contribution in [-0.2, 0) is 38.5 Å². The van der Waals surface area contributed by atoms with E-state index in [9.17, 15) is 24.0 Å². The predicted octanol–water partition coefficient (Wildman–Crippen LogP) is 4.16. The van der Waals surface area contributed by atoms with Crippen LogP contribution in [-0.4, -0.2) is 60.8 Å². The van der Waals surface area contributed by atoms with Crippen LogP contribution in [0, 0.1) is 0 Å². The molecule has 0 aliphatic rings. The van der Waals surface area contributed by atoms with Crippen molar-refractivity contribution in [3.05, 3.63) is 102 Å². The SMILES string of the molecule is CC(C)(C)OC(=O)NCCc1ccc(NC(=O)C(CCCNC(N)=O)NC(=O)[C@@H](Cc2ccccc2)NC(=O)OCc2ccccc2)cc1. The molecular formula is C36H46N6O7. The van der Waals surface area contributed by atoms with Gasteiger partial charge in [-0.3, -0.25) is 9.59 Å². The maximum absolute atomic E-state index is 13.6. The van der Waals surface area contributed by atoms with Crippen LogP contribution in [0.3, 0.4) is 0 Å². The summed E-state index contributed by atoms with van der Waals surface area (Å²) >= 11 is 0. The molecule has 0 saturated carbocycles. The Hall–Kier alpha value is -5.59. The number of rotatable bonds is 16. The molecule has 0 aromatic heterocycles. The molecule has 2 atom stereocenters. The highest BCUT2D eigenvalue weighted by atomic mass is 16.6. The average Bonchev–Trinajstić information content (AvgIpc) is 3.05. The molecule has 0 radical (unpaired) electrons. The molecule has 0 saturated heterocycles. The van der Waals surface area contributed by atoms with Gasteiger partial charge in [0.25, 0.3) is 0 Å². The Balaban J connectivity index is 1.66. The Kier molecular flexibility index (Phi) is 14.9. The number of hydrogen-bond acceptors (Lipinski definition) is 7. The molecule has 6 amide bonds. The molecule has 49 heavy (non-hydrogen) atoms. The van der Waals surface area contributed by atoms with Crippen molar-refractivity contribution in [2.75, 3.05) is 18.4 Å². The van der Waals surface area contributed by atoms with Crippen molar-refractivity contribution >= 4 is 35.7 Å². The van der Waals surface area contributed by atoms with Crippen LogP contribution in [0.5, 0.6) is 0 Å². The highest BCUT2D eigenvalue weighted by molar-refractivity contribution is 5.98. The van der Waals surface area contributed by atoms with Crippen LogP contribution < -0.4 is 32.3 Å². The first kappa shape index (κ1) is 37.9. The number of carbonyl (C=O) groups excluding carboxylic acids is 5. The second-order valence-corrected chi connectivity index (χ2v) is 12.3. The van der Waals surface area contributed by atoms with Crippen molar-refractivity contribution in [1.29, 1.82) is 0 Å². The fourth-order valence-electron chi connectivity index (χ4n) is 4.63. The fourth-order valence-corrected chi connectivity index (χ4v) is 4.63. The Morgan fingerprint density at radius 3 is 1.94 bits per heavy atom. The normalized spacial score (nSPS) is 12.1. The van der Waals surface area contributed by atoms with Crippen LogP contribution in [0.1, 0.15) is 50.3 Å². The molecule has 13 heteroatoms. The van der Waals surface area contributed by atoms with Gasteiger partial charge >= 0.3 is 18.2 Å². The number of ether oxygens (including phenoxy) is 2. The predicted molar refractivity (Wildman–Crippen MR) is 185 cm³/mol. The lowest BCUT2D eigenvalue weighted by atomic mass is 10.0. The molecule has 0 heterocycles. The van der Waals surface area contributed by atoms with Gasteiger partial charge in [0.2, 0.25) is 11.8 Å². The molecular weight excluding hydrogens is 628 g/mol. The molecule has 0 aliphatic carbocycles. The number of alkyl carbamates (subject to hydrolysis) is 2. The van der Waals surface area contributed by atoms with E-state index in [-0.39, 0.29) is 26.0 Å². The highest BCUT2D eigenvalue weighted by Gasteiger charge is 2.28. The van der Waals surface area contributed by atoms with Gasteiger partial charge in [0.1, 0.15) is 24.3 Å². The maximum Gasteiger partial charge on any atom is 0.408 e. The van der Waals surface area contributed by atoms with Gasteiger partial charge in [-0.05, 0) is 68.9 Å². The molecule has 0 bridgehead atoms. The number of nitrogens with one attached hydrogen (secondary N) is 5. The summed E-state index contributed by atoms with van der Waals surface area (Å²) in [5.74, 6) is -1.08. The zero-order valence-corrected chi connectivity index (χ0v) is 28.1. The lowest BCUT2D eigenvalue weighted by Crippen LogP contribution is -2.53. The highest BCUT2D eigenvalue weighted by Crippen LogP contribution is 2.13. The molecule has 3 aromatic carbocycles. The minimum absolute atomic E-state index is 0.0171. The van der Waals surface area contributed by atoms with Gasteiger partial charge in [0.05, 0.1) is 0 Å². The van der Waals surface area contributed by atoms with Crippen LogP contribution >= 0.6 is 0 Å². The first-order valence-corrected chi connectivity index (χ1v) is 16.1. The summed E-state index contributed by atoms with van der Waals surface area (Å²) in [5, 5.41) is 13.4. The molecule has 3 aromatic rings. The number of hydrogen-bond donors (Lipinski definition) is 6. The monoisotopic (exact) mass is 674 g/mol. The summed E-state index contributed by atoms with van der Waals surface area (Å²) in [6.07, 6.45) is -0.0880. The van der Waals surface area contributed by atoms with E-state index >= 15 is 0 Å². The van der Waals surface area contributed by atoms with E-state index in [1.165, 1.54) is 0 Å². The maximum atomic E-state index is 13.6. The summed E-state index contributed by atoms with van der Waals surface area (Å²) in [7, 11) is 0. The lowest BCUT2D eigenvalue weighted by molar-refractivity contribution is -0.128. The summed E-state index contributed by atoms with van der Waals surface area (Å²) in [5.41, 5.74) is 7.58. The van der Waals surface area contributed by atoms with Crippen molar-refractivity contribution < 1.29 is 33.4 Å². The van der Waals surface area contributed by atoms with Crippen LogP contribution in [0.4, 0.5) is 20.1 Å². The van der Waals surface area contributed by atoms with Crippen LogP contribution in [0.2, 0.25) is 0 Å². The van der Waals surface area contributed by atoms with Crippen molar-refractivity contribution in [3.8, 4) is 0 Å². The second kappa shape index (κ2) is 19.3. The number of primary amides is 1. The Morgan fingerprint density at radius 1 is 0.694 bits per heavy atom. The molecule has 3 rings (SSSR count). The smallest absolute Gasteiger partial charge is 0.408 e. The minimum Gasteiger partial charge on any atom is -0.445 e. The van der Waals surface area contributed by atoms with Crippen LogP contribution in [0.15, 0.2) is 84.9 Å². The lowest BCUT2D eigenvalue weighted by Gasteiger charge is -2.23. The number of anilines is 1. The van der Waals surface area contributed by atoms with Crippen LogP contribution in [0.25, 0.3) is 0 Å². The van der Waals surface area contributed by atoms with Gasteiger partial charge in [0, 0.05) is 25.2 Å². The van der Waals surface area contributed by atoms with E-state index in [4.69, 9.17) is 15.2 Å². The zero-order chi connectivity index (χ0) is 35.6. The van der Waals surface area contributed by atoms with Crippen molar-refractivity contribution in [1.82, 2.24) is 21.3 Å². The molecule has 0 fully saturated rings. The largest absolute Gasteiger partial charge is 0.445 e. The topological polar surface area (TPSA) is 190 Å². The Bertz CT molecular complexity index is 1510. The van der Waals surface area contributed by atoms with E-state index in [1.807, 2.05) is 72.8 Å². The van der Waals surface area contributed by atoms with Crippen molar-refractivity contribution in [2.45, 2.75) is 70.7 Å². The minimum atomic E-state index is -1.06. The standard InChI is InChI=1S/C36H46N6O7/c1-36(2,3)49-34(46)39-22-20-25-16-18-28(19-17-25)40-31(43)29(15-10-21-38-33(37)45)41-32(44)30(23-26-11-6-4-7-12-26)42-35(47)48-24-27-13-8-5-9-14-27/h4-9,11-14,16-19,29-30H,10,15,20-24H2,1-3H3,(H,39,46)(H,40,43)(H,41,44)(H,42,47)(H3,37,38,45)/t29?,30-/m1/s1. The van der Waals surface area contributed by atoms with Gasteiger partial charge in [-0.1, -0.05) is 72.8 Å². The zero-order valence-electron chi connectivity index (χ0n) is 28.1. The number of carbonyl (C=O) groups is 5. The van der Waals surface area contributed by atoms with Gasteiger partial charge in [-0.2, -0.15) is 0 Å². The number of nitrogens with two attached hydrogens (primary N) is 1. The quantitative estimate of drug-likeness (QED) is 0.123. The molecule has 0 spiro atoms. The van der Waals surface area contributed by atoms with Gasteiger partial charge in [-0.25, -0.2) is 14.4 Å². The van der Waals surface area contributed by atoms with E-state index in [2.05, 4.69) is 26.6 Å². The summed E-state index contributed by atoms with van der Waals surface area (Å²) < 4.78 is 10.6. The number of urea groups is 1. The molecule has 7 N–H and O–H groups in total. The molecule has 1 unspecified atom stereocenters. The van der Waals surface area contributed by atoms with Crippen molar-refractivity contribution in [2.24, 2.45) is 5.73 Å². The third-order valence-corrected chi connectivity index (χ3v) is 7.01. The first-order chi connectivity index (χ1) is 23.4. The number of benzene rings is 3. The third kappa shape index (κ3) is 15.2. The molecule has 0 aliphatic heterocycles. The fraction of sp³-hybridized carbons (Fsp3) is 0.361. The molecule has 13 nitrogen and oxygen atoms in total. The first-order valence-electron chi connectivity index (χ1n) is 16.1. The average molecular weight is 675 g/mol. The number of amides is 6. The molecule has 262 valence electrons. The van der Waals surface area contributed by atoms with Gasteiger partial charge in [-0.15, -0.1) is 0 Å². The van der Waals surface area contributed by atoms with E-state index < -0.39 is 47.7 Å². The van der Waals surface area contributed by atoms with E-state index in [0.29, 0.717) is 25.1 Å². The summed E-state index contributed by atoms with van der Waals surface area (Å²) in [4.78, 5) is 63.0. The summed E-state index contributed by atoms with van der Waals surface area (Å²) in [6.45, 7) is 5.95. The van der Waals surface area contributed by atoms with Gasteiger partial charge < -0.3 is 41.8 Å². The van der Waals surface area contributed by atoms with E-state index in [1.54, 1.807) is 32.9 Å². The Morgan fingerprint density at radius 2 is 1.33 bits per heavy atom. The second-order valence-electron chi connectivity index (χ2n) is 12.3. The van der Waals surface area contributed by atoms with Gasteiger partial charge in [0.15, 0.2) is 0 Å². The van der Waals surface area contributed by atoms with Crippen molar-refractivity contribution in [3.63, 3.8) is 0 Å². The summed E-state index contributed by atoms with van der Waals surface area (Å²) in [6, 6.07) is 22.6. The third-order valence-electron chi connectivity index (χ3n) is 7.01.